The molecule has 0 unspecified atom stereocenters. The first-order chi connectivity index (χ1) is 12.8. The van der Waals surface area contributed by atoms with E-state index in [0.29, 0.717) is 0 Å². The molecule has 0 spiro atoms. The summed E-state index contributed by atoms with van der Waals surface area (Å²) >= 11 is 0. The predicted octanol–water partition coefficient (Wildman–Crippen LogP) is 7.00. The van der Waals surface area contributed by atoms with Crippen molar-refractivity contribution in [2.45, 2.75) is 110 Å². The van der Waals surface area contributed by atoms with Crippen LogP contribution in [0.5, 0.6) is 0 Å². The van der Waals surface area contributed by atoms with Crippen molar-refractivity contribution in [3.05, 3.63) is 0 Å². The van der Waals surface area contributed by atoms with Crippen molar-refractivity contribution in [1.82, 2.24) is 10.0 Å². The van der Waals surface area contributed by atoms with E-state index in [-0.39, 0.29) is 17.0 Å². The SMILES string of the molecule is Br.CCCCCCCCCCCCCCCCCCN(C)N1CCOCC1. The van der Waals surface area contributed by atoms with Crippen LogP contribution in [0.25, 0.3) is 0 Å². The summed E-state index contributed by atoms with van der Waals surface area (Å²) in [5.74, 6) is 0. The molecule has 3 nitrogen and oxygen atoms in total. The highest BCUT2D eigenvalue weighted by molar-refractivity contribution is 8.93. The zero-order chi connectivity index (χ0) is 18.7. The van der Waals surface area contributed by atoms with Crippen molar-refractivity contribution in [3.8, 4) is 0 Å². The standard InChI is InChI=1S/C23H48N2O.BrH/c1-3-4-5-6-7-8-9-10-11-12-13-14-15-16-17-18-19-24(2)25-20-22-26-23-21-25;/h3-23H2,1-2H3;1H. The summed E-state index contributed by atoms with van der Waals surface area (Å²) in [6.07, 6.45) is 23.1. The van der Waals surface area contributed by atoms with Crippen LogP contribution in [0.15, 0.2) is 0 Å². The zero-order valence-corrected chi connectivity index (χ0v) is 20.3. The van der Waals surface area contributed by atoms with E-state index in [0.717, 1.165) is 26.3 Å². The maximum atomic E-state index is 5.42. The summed E-state index contributed by atoms with van der Waals surface area (Å²) in [6, 6.07) is 0. The Morgan fingerprint density at radius 1 is 0.630 bits per heavy atom. The highest BCUT2D eigenvalue weighted by Gasteiger charge is 2.14. The molecule has 4 heteroatoms. The summed E-state index contributed by atoms with van der Waals surface area (Å²) in [6.45, 7) is 7.42. The minimum atomic E-state index is 0. The van der Waals surface area contributed by atoms with Gasteiger partial charge in [0.15, 0.2) is 0 Å². The lowest BCUT2D eigenvalue weighted by atomic mass is 10.0. The Morgan fingerprint density at radius 3 is 1.41 bits per heavy atom. The largest absolute Gasteiger partial charge is 0.379 e. The van der Waals surface area contributed by atoms with Gasteiger partial charge in [-0.1, -0.05) is 103 Å². The van der Waals surface area contributed by atoms with Crippen LogP contribution in [0.4, 0.5) is 0 Å². The molecular formula is C23H49BrN2O. The van der Waals surface area contributed by atoms with Gasteiger partial charge in [0.05, 0.1) is 13.2 Å². The van der Waals surface area contributed by atoms with Gasteiger partial charge in [-0.2, -0.15) is 0 Å². The Balaban J connectivity index is 0.00000676. The van der Waals surface area contributed by atoms with Crippen molar-refractivity contribution >= 4 is 17.0 Å². The molecule has 0 bridgehead atoms. The lowest BCUT2D eigenvalue weighted by Gasteiger charge is -2.34. The average Bonchev–Trinajstić information content (AvgIpc) is 2.68. The second kappa shape index (κ2) is 21.1. The molecule has 0 aromatic carbocycles. The molecule has 27 heavy (non-hydrogen) atoms. The number of hydrogen-bond acceptors (Lipinski definition) is 3. The average molecular weight is 450 g/mol. The van der Waals surface area contributed by atoms with Crippen LogP contribution in [0.1, 0.15) is 110 Å². The van der Waals surface area contributed by atoms with E-state index in [1.54, 1.807) is 0 Å². The summed E-state index contributed by atoms with van der Waals surface area (Å²) in [5.41, 5.74) is 0. The predicted molar refractivity (Wildman–Crippen MR) is 125 cm³/mol. The number of unbranched alkanes of at least 4 members (excludes halogenated alkanes) is 15. The third-order valence-corrected chi connectivity index (χ3v) is 5.81. The van der Waals surface area contributed by atoms with Gasteiger partial charge in [0.25, 0.3) is 0 Å². The first-order valence-electron chi connectivity index (χ1n) is 11.9. The van der Waals surface area contributed by atoms with Crippen LogP contribution >= 0.6 is 17.0 Å². The van der Waals surface area contributed by atoms with E-state index in [2.05, 4.69) is 24.0 Å². The third-order valence-electron chi connectivity index (χ3n) is 5.81. The molecule has 1 rings (SSSR count). The van der Waals surface area contributed by atoms with E-state index >= 15 is 0 Å². The molecule has 0 N–H and O–H groups in total. The molecule has 0 aliphatic carbocycles. The molecule has 164 valence electrons. The molecule has 0 amide bonds. The monoisotopic (exact) mass is 448 g/mol. The number of ether oxygens (including phenoxy) is 1. The van der Waals surface area contributed by atoms with E-state index in [1.807, 2.05) is 0 Å². The summed E-state index contributed by atoms with van der Waals surface area (Å²) in [5, 5.41) is 4.85. The molecule has 1 fully saturated rings. The number of morpholine rings is 1. The summed E-state index contributed by atoms with van der Waals surface area (Å²) in [7, 11) is 2.23. The molecule has 1 aliphatic rings. The summed E-state index contributed by atoms with van der Waals surface area (Å²) in [4.78, 5) is 0. The molecule has 0 atom stereocenters. The lowest BCUT2D eigenvalue weighted by Crippen LogP contribution is -2.47. The molecule has 1 saturated heterocycles. The molecule has 0 radical (unpaired) electrons. The van der Waals surface area contributed by atoms with Gasteiger partial charge in [-0.05, 0) is 6.42 Å². The van der Waals surface area contributed by atoms with Crippen molar-refractivity contribution in [3.63, 3.8) is 0 Å². The molecule has 0 aromatic heterocycles. The fourth-order valence-corrected chi connectivity index (χ4v) is 3.93. The minimum absolute atomic E-state index is 0. The van der Waals surface area contributed by atoms with Crippen molar-refractivity contribution < 1.29 is 4.74 Å². The molecular weight excluding hydrogens is 400 g/mol. The maximum absolute atomic E-state index is 5.42. The molecule has 1 heterocycles. The van der Waals surface area contributed by atoms with E-state index in [1.165, 1.54) is 109 Å². The van der Waals surface area contributed by atoms with Crippen LogP contribution in [0.3, 0.4) is 0 Å². The third kappa shape index (κ3) is 17.0. The van der Waals surface area contributed by atoms with Gasteiger partial charge in [0, 0.05) is 26.7 Å². The van der Waals surface area contributed by atoms with Gasteiger partial charge >= 0.3 is 0 Å². The number of halogens is 1. The van der Waals surface area contributed by atoms with E-state index in [4.69, 9.17) is 4.74 Å². The number of hydrogen-bond donors (Lipinski definition) is 0. The quantitative estimate of drug-likeness (QED) is 0.209. The van der Waals surface area contributed by atoms with Crippen LogP contribution in [0.2, 0.25) is 0 Å². The number of rotatable bonds is 18. The first kappa shape index (κ1) is 27.4. The van der Waals surface area contributed by atoms with E-state index in [9.17, 15) is 0 Å². The van der Waals surface area contributed by atoms with Gasteiger partial charge in [-0.3, -0.25) is 0 Å². The molecule has 0 aromatic rings. The van der Waals surface area contributed by atoms with Crippen molar-refractivity contribution in [2.24, 2.45) is 0 Å². The van der Waals surface area contributed by atoms with Crippen molar-refractivity contribution in [2.75, 3.05) is 39.9 Å². The Kier molecular flexibility index (Phi) is 21.4. The maximum Gasteiger partial charge on any atom is 0.0608 e. The highest BCUT2D eigenvalue weighted by atomic mass is 79.9. The number of hydrazine groups is 1. The van der Waals surface area contributed by atoms with Gasteiger partial charge in [0.1, 0.15) is 0 Å². The second-order valence-electron chi connectivity index (χ2n) is 8.25. The van der Waals surface area contributed by atoms with Gasteiger partial charge in [-0.25, -0.2) is 10.0 Å². The Labute approximate surface area is 181 Å². The highest BCUT2D eigenvalue weighted by Crippen LogP contribution is 2.14. The van der Waals surface area contributed by atoms with Gasteiger partial charge in [-0.15, -0.1) is 17.0 Å². The van der Waals surface area contributed by atoms with Crippen LogP contribution in [0, 0.1) is 0 Å². The van der Waals surface area contributed by atoms with Crippen LogP contribution in [-0.2, 0) is 4.74 Å². The summed E-state index contributed by atoms with van der Waals surface area (Å²) < 4.78 is 5.42. The van der Waals surface area contributed by atoms with Crippen LogP contribution < -0.4 is 0 Å². The van der Waals surface area contributed by atoms with Gasteiger partial charge in [0.2, 0.25) is 0 Å². The van der Waals surface area contributed by atoms with Crippen LogP contribution in [-0.4, -0.2) is 49.9 Å². The fourth-order valence-electron chi connectivity index (χ4n) is 3.93. The topological polar surface area (TPSA) is 15.7 Å². The Morgan fingerprint density at radius 2 is 1.00 bits per heavy atom. The Hall–Kier alpha value is 0.360. The normalized spacial score (nSPS) is 15.2. The first-order valence-corrected chi connectivity index (χ1v) is 11.9. The number of nitrogens with zero attached hydrogens (tertiary/aromatic N) is 2. The smallest absolute Gasteiger partial charge is 0.0608 e. The van der Waals surface area contributed by atoms with Gasteiger partial charge < -0.3 is 4.74 Å². The Bertz CT molecular complexity index is 286. The van der Waals surface area contributed by atoms with Crippen molar-refractivity contribution in [1.29, 1.82) is 0 Å². The minimum Gasteiger partial charge on any atom is -0.379 e. The fraction of sp³-hybridized carbons (Fsp3) is 1.00. The zero-order valence-electron chi connectivity index (χ0n) is 18.6. The molecule has 0 saturated carbocycles. The molecule has 1 aliphatic heterocycles. The lowest BCUT2D eigenvalue weighted by molar-refractivity contribution is -0.0759. The second-order valence-corrected chi connectivity index (χ2v) is 8.25. The van der Waals surface area contributed by atoms with E-state index < -0.39 is 0 Å².